The fourth-order valence-corrected chi connectivity index (χ4v) is 8.97. The molecule has 2 aromatic rings. The lowest BCUT2D eigenvalue weighted by molar-refractivity contribution is 0.413. The molecule has 1 aromatic carbocycles. The lowest BCUT2D eigenvalue weighted by Crippen LogP contribution is -2.49. The molecule has 152 valence electrons. The van der Waals surface area contributed by atoms with Gasteiger partial charge in [0.05, 0.1) is 11.6 Å². The Balaban J connectivity index is 2.69. The first-order valence-corrected chi connectivity index (χ1v) is 12.2. The van der Waals surface area contributed by atoms with Crippen molar-refractivity contribution in [2.75, 3.05) is 26.7 Å². The van der Waals surface area contributed by atoms with E-state index in [4.69, 9.17) is 21.3 Å². The van der Waals surface area contributed by atoms with Crippen molar-refractivity contribution in [1.82, 2.24) is 4.23 Å². The van der Waals surface area contributed by atoms with Crippen molar-refractivity contribution in [2.24, 2.45) is 15.3 Å². The maximum atomic E-state index is 8.82. The minimum Gasteiger partial charge on any atom is -0.496 e. The summed E-state index contributed by atoms with van der Waals surface area (Å²) in [4.78, 5) is 8.69. The second-order valence-corrected chi connectivity index (χ2v) is 12.0. The minimum atomic E-state index is -2.49. The Kier molecular flexibility index (Phi) is 8.26. The maximum Gasteiger partial charge on any atom is 0.165 e. The standard InChI is InChI=1S/C16H21BrN10OSi/c1-12(11-23-26-20)29(9-6-21-24-18,10-7-22-25-19)27-8-5-13-14(27)3-4-15(28-2)16(13)17/h3-5,8,12H,6-7,9-11H2,1-2H3. The highest BCUT2D eigenvalue weighted by atomic mass is 79.9. The van der Waals surface area contributed by atoms with Gasteiger partial charge in [-0.2, -0.15) is 0 Å². The highest BCUT2D eigenvalue weighted by Gasteiger charge is 2.40. The van der Waals surface area contributed by atoms with Crippen LogP contribution in [0.2, 0.25) is 17.6 Å². The molecular formula is C16H21BrN10OSi. The average Bonchev–Trinajstić information content (AvgIpc) is 3.17. The summed E-state index contributed by atoms with van der Waals surface area (Å²) in [5.41, 5.74) is 27.4. The van der Waals surface area contributed by atoms with Crippen LogP contribution in [0, 0.1) is 0 Å². The number of hydrogen-bond donors (Lipinski definition) is 0. The molecule has 0 amide bonds. The molecule has 0 saturated heterocycles. The van der Waals surface area contributed by atoms with E-state index >= 15 is 0 Å². The van der Waals surface area contributed by atoms with Gasteiger partial charge in [0.15, 0.2) is 8.24 Å². The SMILES string of the molecule is COc1ccc2c(ccn2[Si](CCN=[N+]=[N-])(CCN=[N+]=[N-])C(C)CN=[N+]=[N-])c1Br. The summed E-state index contributed by atoms with van der Waals surface area (Å²) in [6.07, 6.45) is 2.01. The Bertz CT molecular complexity index is 983. The smallest absolute Gasteiger partial charge is 0.165 e. The van der Waals surface area contributed by atoms with Gasteiger partial charge < -0.3 is 8.97 Å². The van der Waals surface area contributed by atoms with Gasteiger partial charge in [0, 0.05) is 45.3 Å². The Morgan fingerprint density at radius 2 is 1.69 bits per heavy atom. The average molecular weight is 477 g/mol. The topological polar surface area (TPSA) is 160 Å². The van der Waals surface area contributed by atoms with E-state index in [1.165, 1.54) is 0 Å². The molecule has 0 bridgehead atoms. The normalized spacial score (nSPS) is 13.5. The number of fused-ring (bicyclic) bond motifs is 1. The van der Waals surface area contributed by atoms with Crippen LogP contribution < -0.4 is 4.74 Å². The molecule has 13 heteroatoms. The summed E-state index contributed by atoms with van der Waals surface area (Å²) >= 11 is 3.61. The lowest BCUT2D eigenvalue weighted by atomic mass is 10.2. The molecule has 1 unspecified atom stereocenters. The third-order valence-electron chi connectivity index (χ3n) is 5.22. The van der Waals surface area contributed by atoms with Gasteiger partial charge in [-0.1, -0.05) is 22.3 Å². The van der Waals surface area contributed by atoms with Crippen LogP contribution >= 0.6 is 15.9 Å². The van der Waals surface area contributed by atoms with E-state index in [0.29, 0.717) is 31.7 Å². The minimum absolute atomic E-state index is 0.0256. The second kappa shape index (κ2) is 10.7. The Labute approximate surface area is 176 Å². The predicted octanol–water partition coefficient (Wildman–Crippen LogP) is 6.53. The van der Waals surface area contributed by atoms with Crippen molar-refractivity contribution in [3.63, 3.8) is 0 Å². The Morgan fingerprint density at radius 3 is 2.24 bits per heavy atom. The van der Waals surface area contributed by atoms with E-state index in [9.17, 15) is 0 Å². The first-order valence-electron chi connectivity index (χ1n) is 8.92. The summed E-state index contributed by atoms with van der Waals surface area (Å²) in [5, 5.41) is 12.3. The van der Waals surface area contributed by atoms with Crippen molar-refractivity contribution in [3.8, 4) is 5.75 Å². The zero-order valence-corrected chi connectivity index (χ0v) is 18.8. The van der Waals surface area contributed by atoms with Crippen molar-refractivity contribution in [2.45, 2.75) is 24.6 Å². The molecule has 0 N–H and O–H groups in total. The first kappa shape index (κ1) is 22.5. The fraction of sp³-hybridized carbons (Fsp3) is 0.500. The molecule has 29 heavy (non-hydrogen) atoms. The molecule has 1 heterocycles. The summed E-state index contributed by atoms with van der Waals surface area (Å²) < 4.78 is 8.49. The number of nitrogens with zero attached hydrogens (tertiary/aromatic N) is 10. The molecule has 0 fully saturated rings. The van der Waals surface area contributed by atoms with E-state index < -0.39 is 8.24 Å². The number of aromatic nitrogens is 1. The number of methoxy groups -OCH3 is 1. The molecular weight excluding hydrogens is 456 g/mol. The number of ether oxygens (including phenoxy) is 1. The zero-order chi connectivity index (χ0) is 21.3. The Hall–Kier alpha value is -2.81. The van der Waals surface area contributed by atoms with Crippen molar-refractivity contribution < 1.29 is 4.74 Å². The highest BCUT2D eigenvalue weighted by Crippen LogP contribution is 2.39. The molecule has 0 spiro atoms. The number of hydrogen-bond acceptors (Lipinski definition) is 4. The molecule has 0 aliphatic carbocycles. The van der Waals surface area contributed by atoms with Gasteiger partial charge in [-0.25, -0.2) is 0 Å². The quantitative estimate of drug-likeness (QED) is 0.153. The van der Waals surface area contributed by atoms with Crippen LogP contribution in [0.25, 0.3) is 42.2 Å². The van der Waals surface area contributed by atoms with Crippen molar-refractivity contribution >= 4 is 35.1 Å². The summed E-state index contributed by atoms with van der Waals surface area (Å²) in [6.45, 7) is 2.98. The van der Waals surface area contributed by atoms with Crippen LogP contribution in [0.5, 0.6) is 5.75 Å². The van der Waals surface area contributed by atoms with Crippen molar-refractivity contribution in [1.29, 1.82) is 0 Å². The molecule has 2 rings (SSSR count). The monoisotopic (exact) mass is 476 g/mol. The van der Waals surface area contributed by atoms with Gasteiger partial charge >= 0.3 is 0 Å². The predicted molar refractivity (Wildman–Crippen MR) is 118 cm³/mol. The highest BCUT2D eigenvalue weighted by molar-refractivity contribution is 9.10. The number of azide groups is 3. The molecule has 1 atom stereocenters. The largest absolute Gasteiger partial charge is 0.496 e. The van der Waals surface area contributed by atoms with E-state index in [-0.39, 0.29) is 5.54 Å². The summed E-state index contributed by atoms with van der Waals surface area (Å²) in [6, 6.07) is 7.15. The van der Waals surface area contributed by atoms with Crippen molar-refractivity contribution in [3.05, 3.63) is 60.2 Å². The molecule has 0 radical (unpaired) electrons. The summed E-state index contributed by atoms with van der Waals surface area (Å²) in [5.74, 6) is 0.729. The first-order chi connectivity index (χ1) is 14.1. The lowest BCUT2D eigenvalue weighted by Gasteiger charge is -2.38. The molecule has 0 aliphatic heterocycles. The number of halogens is 1. The van der Waals surface area contributed by atoms with Gasteiger partial charge in [-0.05, 0) is 74.5 Å². The maximum absolute atomic E-state index is 8.82. The summed E-state index contributed by atoms with van der Waals surface area (Å²) in [7, 11) is -0.874. The number of rotatable bonds is 11. The van der Waals surface area contributed by atoms with Gasteiger partial charge in [-0.15, -0.1) is 0 Å². The van der Waals surface area contributed by atoms with Crippen LogP contribution in [-0.4, -0.2) is 39.2 Å². The van der Waals surface area contributed by atoms with Gasteiger partial charge in [0.2, 0.25) is 0 Å². The van der Waals surface area contributed by atoms with Gasteiger partial charge in [-0.3, -0.25) is 0 Å². The van der Waals surface area contributed by atoms with E-state index in [0.717, 1.165) is 21.1 Å². The van der Waals surface area contributed by atoms with Crippen LogP contribution in [-0.2, 0) is 0 Å². The zero-order valence-electron chi connectivity index (χ0n) is 16.2. The number of benzene rings is 1. The molecule has 0 aliphatic rings. The van der Waals surface area contributed by atoms with Crippen LogP contribution in [0.15, 0.2) is 44.2 Å². The third-order valence-corrected chi connectivity index (χ3v) is 11.6. The molecule has 0 saturated carbocycles. The third kappa shape index (κ3) is 4.79. The fourth-order valence-electron chi connectivity index (χ4n) is 3.71. The van der Waals surface area contributed by atoms with E-state index in [2.05, 4.69) is 50.2 Å². The van der Waals surface area contributed by atoms with Gasteiger partial charge in [0.25, 0.3) is 0 Å². The van der Waals surface area contributed by atoms with Crippen LogP contribution in [0.1, 0.15) is 6.92 Å². The van der Waals surface area contributed by atoms with Crippen LogP contribution in [0.3, 0.4) is 0 Å². The second-order valence-electron chi connectivity index (χ2n) is 6.53. The van der Waals surface area contributed by atoms with E-state index in [1.807, 2.05) is 31.3 Å². The van der Waals surface area contributed by atoms with Gasteiger partial charge in [0.1, 0.15) is 5.75 Å². The molecule has 11 nitrogen and oxygen atoms in total. The van der Waals surface area contributed by atoms with E-state index in [1.54, 1.807) is 7.11 Å². The Morgan fingerprint density at radius 1 is 1.07 bits per heavy atom. The van der Waals surface area contributed by atoms with Crippen LogP contribution in [0.4, 0.5) is 0 Å². The molecule has 1 aromatic heterocycles.